The van der Waals surface area contributed by atoms with Crippen LogP contribution in [0.4, 0.5) is 5.69 Å². The molecular weight excluding hydrogens is 310 g/mol. The first-order valence-corrected chi connectivity index (χ1v) is 7.27. The lowest BCUT2D eigenvalue weighted by molar-refractivity contribution is -0.384. The molecule has 0 bridgehead atoms. The van der Waals surface area contributed by atoms with Crippen molar-refractivity contribution in [1.82, 2.24) is 5.32 Å². The first-order chi connectivity index (χ1) is 11.4. The van der Waals surface area contributed by atoms with Gasteiger partial charge in [-0.3, -0.25) is 19.7 Å². The maximum atomic E-state index is 12.2. The Balaban J connectivity index is 2.13. The number of nitro benzene ring substituents is 1. The minimum atomic E-state index is -0.903. The summed E-state index contributed by atoms with van der Waals surface area (Å²) in [5, 5.41) is 13.3. The van der Waals surface area contributed by atoms with Gasteiger partial charge in [-0.05, 0) is 18.6 Å². The molecule has 0 aliphatic heterocycles. The fourth-order valence-corrected chi connectivity index (χ4v) is 2.18. The number of aryl methyl sites for hydroxylation is 1. The van der Waals surface area contributed by atoms with Crippen molar-refractivity contribution in [2.24, 2.45) is 5.73 Å². The number of carbonyl (C=O) groups excluding carboxylic acids is 2. The van der Waals surface area contributed by atoms with Crippen molar-refractivity contribution in [2.45, 2.75) is 19.4 Å². The van der Waals surface area contributed by atoms with Gasteiger partial charge < -0.3 is 11.1 Å². The zero-order chi connectivity index (χ0) is 17.7. The third-order valence-corrected chi connectivity index (χ3v) is 3.53. The van der Waals surface area contributed by atoms with Gasteiger partial charge in [0.25, 0.3) is 11.6 Å². The maximum Gasteiger partial charge on any atom is 0.270 e. The van der Waals surface area contributed by atoms with Gasteiger partial charge in [-0.1, -0.05) is 35.9 Å². The van der Waals surface area contributed by atoms with Gasteiger partial charge in [0.1, 0.15) is 6.04 Å². The van der Waals surface area contributed by atoms with E-state index in [1.807, 2.05) is 31.2 Å². The number of nitrogens with one attached hydrogen (secondary N) is 1. The number of hydrogen-bond donors (Lipinski definition) is 2. The van der Waals surface area contributed by atoms with E-state index in [0.717, 1.165) is 17.2 Å². The topological polar surface area (TPSA) is 115 Å². The highest BCUT2D eigenvalue weighted by Crippen LogP contribution is 2.13. The summed E-state index contributed by atoms with van der Waals surface area (Å²) in [4.78, 5) is 34.0. The number of nitrogens with zero attached hydrogens (tertiary/aromatic N) is 1. The number of nitro groups is 1. The Morgan fingerprint density at radius 3 is 2.46 bits per heavy atom. The van der Waals surface area contributed by atoms with Gasteiger partial charge in [0.15, 0.2) is 0 Å². The summed E-state index contributed by atoms with van der Waals surface area (Å²) in [6.45, 7) is 1.94. The molecule has 0 aromatic heterocycles. The van der Waals surface area contributed by atoms with Crippen LogP contribution in [-0.2, 0) is 11.2 Å². The fraction of sp³-hybridized carbons (Fsp3) is 0.176. The molecule has 2 rings (SSSR count). The second-order valence-corrected chi connectivity index (χ2v) is 5.43. The van der Waals surface area contributed by atoms with E-state index in [9.17, 15) is 19.7 Å². The van der Waals surface area contributed by atoms with E-state index < -0.39 is 22.8 Å². The highest BCUT2D eigenvalue weighted by atomic mass is 16.6. The third-order valence-electron chi connectivity index (χ3n) is 3.53. The van der Waals surface area contributed by atoms with Crippen LogP contribution >= 0.6 is 0 Å². The minimum absolute atomic E-state index is 0.0966. The minimum Gasteiger partial charge on any atom is -0.368 e. The van der Waals surface area contributed by atoms with E-state index in [1.165, 1.54) is 18.2 Å². The number of amides is 2. The molecule has 0 unspecified atom stereocenters. The van der Waals surface area contributed by atoms with Crippen molar-refractivity contribution in [3.63, 3.8) is 0 Å². The molecule has 0 aliphatic rings. The van der Waals surface area contributed by atoms with Crippen LogP contribution in [0.5, 0.6) is 0 Å². The van der Waals surface area contributed by atoms with Crippen LogP contribution in [0.1, 0.15) is 21.5 Å². The third kappa shape index (κ3) is 4.39. The van der Waals surface area contributed by atoms with Crippen LogP contribution in [0.15, 0.2) is 48.5 Å². The largest absolute Gasteiger partial charge is 0.368 e. The Bertz CT molecular complexity index is 772. The molecule has 0 aliphatic carbocycles. The molecule has 0 heterocycles. The molecule has 7 nitrogen and oxygen atoms in total. The van der Waals surface area contributed by atoms with E-state index in [0.29, 0.717) is 0 Å². The van der Waals surface area contributed by atoms with E-state index in [-0.39, 0.29) is 17.7 Å². The Labute approximate surface area is 138 Å². The molecule has 2 aromatic rings. The van der Waals surface area contributed by atoms with Crippen molar-refractivity contribution < 1.29 is 14.5 Å². The van der Waals surface area contributed by atoms with Crippen LogP contribution in [0.3, 0.4) is 0 Å². The Morgan fingerprint density at radius 1 is 1.21 bits per heavy atom. The number of primary amides is 1. The molecule has 0 fully saturated rings. The number of non-ortho nitro benzene ring substituents is 1. The number of hydrogen-bond acceptors (Lipinski definition) is 4. The molecule has 2 aromatic carbocycles. The molecule has 0 saturated carbocycles. The van der Waals surface area contributed by atoms with Crippen molar-refractivity contribution in [1.29, 1.82) is 0 Å². The highest BCUT2D eigenvalue weighted by Gasteiger charge is 2.20. The summed E-state index contributed by atoms with van der Waals surface area (Å²) in [5.74, 6) is -1.26. The molecule has 2 amide bonds. The standard InChI is InChI=1S/C17H17N3O4/c1-11-5-7-12(8-6-11)9-15(16(18)21)19-17(22)13-3-2-4-14(10-13)20(23)24/h2-8,10,15H,9H2,1H3,(H2,18,21)(H,19,22)/t15-/m0/s1. The summed E-state index contributed by atoms with van der Waals surface area (Å²) in [6, 6.07) is 11.9. The van der Waals surface area contributed by atoms with Gasteiger partial charge in [0.2, 0.25) is 5.91 Å². The molecule has 0 spiro atoms. The predicted octanol–water partition coefficient (Wildman–Crippen LogP) is 1.73. The normalized spacial score (nSPS) is 11.5. The van der Waals surface area contributed by atoms with Crippen molar-refractivity contribution in [2.75, 3.05) is 0 Å². The van der Waals surface area contributed by atoms with Crippen molar-refractivity contribution in [3.05, 3.63) is 75.3 Å². The van der Waals surface area contributed by atoms with Gasteiger partial charge >= 0.3 is 0 Å². The molecular formula is C17H17N3O4. The lowest BCUT2D eigenvalue weighted by Crippen LogP contribution is -2.45. The Kier molecular flexibility index (Phi) is 5.26. The summed E-state index contributed by atoms with van der Waals surface area (Å²) in [6.07, 6.45) is 0.246. The molecule has 0 saturated heterocycles. The summed E-state index contributed by atoms with van der Waals surface area (Å²) in [5.41, 5.74) is 7.19. The second-order valence-electron chi connectivity index (χ2n) is 5.43. The number of rotatable bonds is 6. The van der Waals surface area contributed by atoms with Crippen LogP contribution in [0, 0.1) is 17.0 Å². The second kappa shape index (κ2) is 7.36. The van der Waals surface area contributed by atoms with Crippen LogP contribution < -0.4 is 11.1 Å². The van der Waals surface area contributed by atoms with Gasteiger partial charge in [0.05, 0.1) is 4.92 Å². The van der Waals surface area contributed by atoms with Crippen molar-refractivity contribution in [3.8, 4) is 0 Å². The molecule has 24 heavy (non-hydrogen) atoms. The van der Waals surface area contributed by atoms with Gasteiger partial charge in [-0.2, -0.15) is 0 Å². The lowest BCUT2D eigenvalue weighted by atomic mass is 10.0. The lowest BCUT2D eigenvalue weighted by Gasteiger charge is -2.15. The smallest absolute Gasteiger partial charge is 0.270 e. The van der Waals surface area contributed by atoms with Gasteiger partial charge in [0, 0.05) is 24.1 Å². The zero-order valence-corrected chi connectivity index (χ0v) is 13.1. The van der Waals surface area contributed by atoms with E-state index in [4.69, 9.17) is 5.73 Å². The SMILES string of the molecule is Cc1ccc(C[C@H](NC(=O)c2cccc([N+](=O)[O-])c2)C(N)=O)cc1. The van der Waals surface area contributed by atoms with E-state index in [2.05, 4.69) is 5.32 Å². The Hall–Kier alpha value is -3.22. The first kappa shape index (κ1) is 17.1. The highest BCUT2D eigenvalue weighted by molar-refractivity contribution is 5.97. The first-order valence-electron chi connectivity index (χ1n) is 7.27. The quantitative estimate of drug-likeness (QED) is 0.621. The number of nitrogens with two attached hydrogens (primary N) is 1. The van der Waals surface area contributed by atoms with Crippen molar-refractivity contribution >= 4 is 17.5 Å². The Morgan fingerprint density at radius 2 is 1.88 bits per heavy atom. The summed E-state index contributed by atoms with van der Waals surface area (Å²) in [7, 11) is 0. The van der Waals surface area contributed by atoms with Crippen LogP contribution in [0.25, 0.3) is 0 Å². The molecule has 7 heteroatoms. The van der Waals surface area contributed by atoms with E-state index >= 15 is 0 Å². The molecule has 0 radical (unpaired) electrons. The van der Waals surface area contributed by atoms with Gasteiger partial charge in [-0.25, -0.2) is 0 Å². The molecule has 124 valence electrons. The summed E-state index contributed by atoms with van der Waals surface area (Å²) < 4.78 is 0. The predicted molar refractivity (Wildman–Crippen MR) is 88.4 cm³/mol. The van der Waals surface area contributed by atoms with Crippen LogP contribution in [0.2, 0.25) is 0 Å². The average Bonchev–Trinajstić information content (AvgIpc) is 2.56. The number of benzene rings is 2. The zero-order valence-electron chi connectivity index (χ0n) is 13.1. The van der Waals surface area contributed by atoms with Crippen LogP contribution in [-0.4, -0.2) is 22.8 Å². The fourth-order valence-electron chi connectivity index (χ4n) is 2.18. The van der Waals surface area contributed by atoms with Gasteiger partial charge in [-0.15, -0.1) is 0 Å². The maximum absolute atomic E-state index is 12.2. The monoisotopic (exact) mass is 327 g/mol. The summed E-state index contributed by atoms with van der Waals surface area (Å²) >= 11 is 0. The molecule has 3 N–H and O–H groups in total. The molecule has 1 atom stereocenters. The number of carbonyl (C=O) groups is 2. The average molecular weight is 327 g/mol. The van der Waals surface area contributed by atoms with E-state index in [1.54, 1.807) is 0 Å².